The maximum atomic E-state index is 13.0. The van der Waals surface area contributed by atoms with E-state index in [2.05, 4.69) is 0 Å². The summed E-state index contributed by atoms with van der Waals surface area (Å²) in [7, 11) is 0. The molecule has 1 aromatic carbocycles. The molecule has 3 nitrogen and oxygen atoms in total. The number of hydrogen-bond acceptors (Lipinski definition) is 3. The maximum Gasteiger partial charge on any atom is 0.336 e. The number of carbonyl (C=O) groups is 1. The molecule has 0 saturated carbocycles. The summed E-state index contributed by atoms with van der Waals surface area (Å²) in [6, 6.07) is 7.49. The molecule has 0 aliphatic rings. The van der Waals surface area contributed by atoms with Crippen LogP contribution in [0.5, 0.6) is 0 Å². The molecule has 0 saturated heterocycles. The van der Waals surface area contributed by atoms with Crippen molar-refractivity contribution in [1.82, 2.24) is 0 Å². The number of carboxylic acid groups (broad SMARTS) is 1. The minimum atomic E-state index is -1.11. The Bertz CT molecular complexity index is 537. The third-order valence-electron chi connectivity index (χ3n) is 2.38. The van der Waals surface area contributed by atoms with Crippen molar-refractivity contribution in [2.24, 2.45) is 0 Å². The average Bonchev–Trinajstić information content (AvgIpc) is 2.84. The molecule has 0 unspecified atom stereocenters. The molecule has 0 spiro atoms. The molecule has 0 bridgehead atoms. The van der Waals surface area contributed by atoms with Gasteiger partial charge in [-0.1, -0.05) is 6.07 Å². The Balaban J connectivity index is 2.02. The zero-order chi connectivity index (χ0) is 13.0. The van der Waals surface area contributed by atoms with Crippen LogP contribution in [0.2, 0.25) is 0 Å². The molecule has 94 valence electrons. The number of thioether (sulfide) groups is 1. The first kappa shape index (κ1) is 12.7. The highest BCUT2D eigenvalue weighted by Gasteiger charge is 2.11. The molecular weight excluding hydrogens is 255 g/mol. The summed E-state index contributed by atoms with van der Waals surface area (Å²) >= 11 is 1.52. The zero-order valence-electron chi connectivity index (χ0n) is 9.43. The second-order valence-electron chi connectivity index (χ2n) is 3.68. The summed E-state index contributed by atoms with van der Waals surface area (Å²) in [6.45, 7) is 0. The fourth-order valence-corrected chi connectivity index (χ4v) is 2.47. The Morgan fingerprint density at radius 1 is 1.33 bits per heavy atom. The van der Waals surface area contributed by atoms with E-state index < -0.39 is 11.8 Å². The highest BCUT2D eigenvalue weighted by molar-refractivity contribution is 7.97. The Labute approximate surface area is 108 Å². The lowest BCUT2D eigenvalue weighted by Gasteiger charge is -2.05. The van der Waals surface area contributed by atoms with Gasteiger partial charge in [-0.25, -0.2) is 9.18 Å². The maximum absolute atomic E-state index is 13.0. The predicted octanol–water partition coefficient (Wildman–Crippen LogP) is 3.55. The van der Waals surface area contributed by atoms with Crippen LogP contribution in [0.4, 0.5) is 4.39 Å². The van der Waals surface area contributed by atoms with Crippen LogP contribution in [-0.4, -0.2) is 11.1 Å². The predicted molar refractivity (Wildman–Crippen MR) is 67.1 cm³/mol. The van der Waals surface area contributed by atoms with Crippen LogP contribution in [0.15, 0.2) is 41.0 Å². The lowest BCUT2D eigenvalue weighted by atomic mass is 10.1. The number of carboxylic acids is 1. The Hall–Kier alpha value is -1.75. The number of aromatic carboxylic acids is 1. The number of halogens is 1. The van der Waals surface area contributed by atoms with Crippen molar-refractivity contribution >= 4 is 17.7 Å². The van der Waals surface area contributed by atoms with Crippen molar-refractivity contribution in [3.8, 4) is 0 Å². The van der Waals surface area contributed by atoms with E-state index in [9.17, 15) is 9.18 Å². The summed E-state index contributed by atoms with van der Waals surface area (Å²) in [5.41, 5.74) is 0.627. The van der Waals surface area contributed by atoms with E-state index in [1.807, 2.05) is 6.07 Å². The van der Waals surface area contributed by atoms with Crippen LogP contribution < -0.4 is 0 Å². The van der Waals surface area contributed by atoms with E-state index in [-0.39, 0.29) is 5.56 Å². The van der Waals surface area contributed by atoms with Crippen molar-refractivity contribution in [1.29, 1.82) is 0 Å². The highest BCUT2D eigenvalue weighted by atomic mass is 32.2. The first-order valence-electron chi connectivity index (χ1n) is 5.28. The zero-order valence-corrected chi connectivity index (χ0v) is 10.2. The van der Waals surface area contributed by atoms with Gasteiger partial charge < -0.3 is 9.52 Å². The van der Waals surface area contributed by atoms with Gasteiger partial charge in [0.15, 0.2) is 0 Å². The first-order valence-corrected chi connectivity index (χ1v) is 6.44. The Morgan fingerprint density at radius 3 is 2.83 bits per heavy atom. The lowest BCUT2D eigenvalue weighted by molar-refractivity contribution is 0.0695. The van der Waals surface area contributed by atoms with Crippen molar-refractivity contribution in [2.45, 2.75) is 11.5 Å². The number of rotatable bonds is 5. The molecule has 0 radical (unpaired) electrons. The average molecular weight is 266 g/mol. The summed E-state index contributed by atoms with van der Waals surface area (Å²) in [5.74, 6) is 0.348. The number of furan rings is 1. The van der Waals surface area contributed by atoms with Gasteiger partial charge in [-0.2, -0.15) is 0 Å². The highest BCUT2D eigenvalue weighted by Crippen LogP contribution is 2.21. The first-order chi connectivity index (χ1) is 8.66. The molecule has 2 rings (SSSR count). The Kier molecular flexibility index (Phi) is 4.04. The van der Waals surface area contributed by atoms with Gasteiger partial charge in [0.25, 0.3) is 0 Å². The lowest BCUT2D eigenvalue weighted by Crippen LogP contribution is -2.02. The van der Waals surface area contributed by atoms with Gasteiger partial charge in [-0.05, 0) is 29.8 Å². The van der Waals surface area contributed by atoms with Gasteiger partial charge in [0.05, 0.1) is 17.6 Å². The number of benzene rings is 1. The molecule has 1 N–H and O–H groups in total. The standard InChI is InChI=1S/C13H11FO3S/c14-10-4-3-9(12(6-10)13(15)16)7-18-8-11-2-1-5-17-11/h1-6H,7-8H2,(H,15,16). The minimum Gasteiger partial charge on any atom is -0.478 e. The SMILES string of the molecule is O=C(O)c1cc(F)ccc1CSCc1ccco1. The van der Waals surface area contributed by atoms with E-state index in [0.717, 1.165) is 11.8 Å². The van der Waals surface area contributed by atoms with Crippen LogP contribution in [0.1, 0.15) is 21.7 Å². The second-order valence-corrected chi connectivity index (χ2v) is 4.66. The number of hydrogen-bond donors (Lipinski definition) is 1. The molecule has 0 amide bonds. The van der Waals surface area contributed by atoms with Gasteiger partial charge in [-0.15, -0.1) is 11.8 Å². The molecule has 1 heterocycles. The van der Waals surface area contributed by atoms with Crippen molar-refractivity contribution in [3.63, 3.8) is 0 Å². The molecule has 0 fully saturated rings. The second kappa shape index (κ2) is 5.73. The molecule has 0 aliphatic carbocycles. The molecule has 2 aromatic rings. The monoisotopic (exact) mass is 266 g/mol. The smallest absolute Gasteiger partial charge is 0.336 e. The van der Waals surface area contributed by atoms with Crippen molar-refractivity contribution in [2.75, 3.05) is 0 Å². The van der Waals surface area contributed by atoms with Crippen LogP contribution in [0.3, 0.4) is 0 Å². The van der Waals surface area contributed by atoms with E-state index in [1.54, 1.807) is 12.3 Å². The largest absolute Gasteiger partial charge is 0.478 e. The van der Waals surface area contributed by atoms with Gasteiger partial charge in [-0.3, -0.25) is 0 Å². The Morgan fingerprint density at radius 2 is 2.17 bits per heavy atom. The summed E-state index contributed by atoms with van der Waals surface area (Å²) in [4.78, 5) is 11.0. The molecule has 5 heteroatoms. The summed E-state index contributed by atoms with van der Waals surface area (Å²) in [6.07, 6.45) is 1.59. The molecule has 1 aromatic heterocycles. The normalized spacial score (nSPS) is 10.5. The van der Waals surface area contributed by atoms with Crippen LogP contribution in [-0.2, 0) is 11.5 Å². The third-order valence-corrected chi connectivity index (χ3v) is 3.39. The molecule has 0 atom stereocenters. The van der Waals surface area contributed by atoms with Crippen LogP contribution >= 0.6 is 11.8 Å². The van der Waals surface area contributed by atoms with E-state index in [4.69, 9.17) is 9.52 Å². The summed E-state index contributed by atoms with van der Waals surface area (Å²) < 4.78 is 18.1. The van der Waals surface area contributed by atoms with E-state index >= 15 is 0 Å². The molecule has 0 aliphatic heterocycles. The van der Waals surface area contributed by atoms with Gasteiger partial charge in [0.1, 0.15) is 11.6 Å². The van der Waals surface area contributed by atoms with Gasteiger partial charge in [0, 0.05) is 5.75 Å². The quantitative estimate of drug-likeness (QED) is 0.899. The fraction of sp³-hybridized carbons (Fsp3) is 0.154. The third kappa shape index (κ3) is 3.13. The van der Waals surface area contributed by atoms with Crippen molar-refractivity contribution in [3.05, 3.63) is 59.3 Å². The van der Waals surface area contributed by atoms with E-state index in [0.29, 0.717) is 17.1 Å². The molecular formula is C13H11FO3S. The van der Waals surface area contributed by atoms with Gasteiger partial charge in [0.2, 0.25) is 0 Å². The van der Waals surface area contributed by atoms with E-state index in [1.165, 1.54) is 23.9 Å². The minimum absolute atomic E-state index is 0.0157. The summed E-state index contributed by atoms with van der Waals surface area (Å²) in [5, 5.41) is 8.98. The van der Waals surface area contributed by atoms with Crippen molar-refractivity contribution < 1.29 is 18.7 Å². The van der Waals surface area contributed by atoms with Crippen LogP contribution in [0, 0.1) is 5.82 Å². The van der Waals surface area contributed by atoms with Crippen LogP contribution in [0.25, 0.3) is 0 Å². The molecule has 18 heavy (non-hydrogen) atoms. The fourth-order valence-electron chi connectivity index (χ4n) is 1.53. The van der Waals surface area contributed by atoms with Gasteiger partial charge >= 0.3 is 5.97 Å². The topological polar surface area (TPSA) is 50.4 Å².